The van der Waals surface area contributed by atoms with E-state index in [4.69, 9.17) is 5.26 Å². The van der Waals surface area contributed by atoms with Crippen molar-refractivity contribution in [3.8, 4) is 6.07 Å². The lowest BCUT2D eigenvalue weighted by molar-refractivity contribution is -0.123. The van der Waals surface area contributed by atoms with Gasteiger partial charge in [-0.15, -0.1) is 0 Å². The predicted molar refractivity (Wildman–Crippen MR) is 74.1 cm³/mol. The lowest BCUT2D eigenvalue weighted by Crippen LogP contribution is -2.26. The third-order valence-corrected chi connectivity index (χ3v) is 4.81. The Kier molecular flexibility index (Phi) is 3.14. The summed E-state index contributed by atoms with van der Waals surface area (Å²) >= 11 is 0. The number of nitriles is 1. The van der Waals surface area contributed by atoms with E-state index >= 15 is 0 Å². The molecule has 0 bridgehead atoms. The van der Waals surface area contributed by atoms with E-state index in [-0.39, 0.29) is 22.7 Å². The molecule has 3 nitrogen and oxygen atoms in total. The van der Waals surface area contributed by atoms with Crippen molar-refractivity contribution in [2.24, 2.45) is 16.7 Å². The monoisotopic (exact) mass is 256 g/mol. The molecule has 1 saturated carbocycles. The number of nitrogens with one attached hydrogen (secondary N) is 1. The first kappa shape index (κ1) is 13.6. The summed E-state index contributed by atoms with van der Waals surface area (Å²) in [6.45, 7) is 9.01. The minimum absolute atomic E-state index is 0.0611. The van der Waals surface area contributed by atoms with Crippen LogP contribution in [0, 0.1) is 28.1 Å². The average Bonchev–Trinajstić information content (AvgIpc) is 2.77. The van der Waals surface area contributed by atoms with Crippen molar-refractivity contribution < 1.29 is 4.79 Å². The molecule has 100 valence electrons. The third-order valence-electron chi connectivity index (χ3n) is 4.81. The molecule has 0 aliphatic heterocycles. The van der Waals surface area contributed by atoms with Crippen molar-refractivity contribution in [2.75, 3.05) is 0 Å². The molecule has 0 spiro atoms. The average molecular weight is 256 g/mol. The first-order valence-electron chi connectivity index (χ1n) is 6.57. The number of amides is 1. The molecule has 1 aromatic rings. The highest BCUT2D eigenvalue weighted by Gasteiger charge is 2.68. The van der Waals surface area contributed by atoms with Gasteiger partial charge in [-0.1, -0.05) is 39.8 Å². The Morgan fingerprint density at radius 1 is 1.32 bits per heavy atom. The summed E-state index contributed by atoms with van der Waals surface area (Å²) in [4.78, 5) is 12.2. The Morgan fingerprint density at radius 3 is 2.47 bits per heavy atom. The maximum Gasteiger partial charge on any atom is 0.224 e. The van der Waals surface area contributed by atoms with Crippen LogP contribution >= 0.6 is 0 Å². The van der Waals surface area contributed by atoms with E-state index in [1.165, 1.54) is 0 Å². The molecule has 19 heavy (non-hydrogen) atoms. The van der Waals surface area contributed by atoms with Crippen LogP contribution in [0.5, 0.6) is 0 Å². The molecular weight excluding hydrogens is 236 g/mol. The highest BCUT2D eigenvalue weighted by atomic mass is 16.2. The van der Waals surface area contributed by atoms with Crippen LogP contribution in [0.1, 0.15) is 38.8 Å². The number of benzene rings is 1. The molecule has 1 fully saturated rings. The fourth-order valence-electron chi connectivity index (χ4n) is 2.89. The van der Waals surface area contributed by atoms with E-state index in [2.05, 4.69) is 39.1 Å². The zero-order valence-corrected chi connectivity index (χ0v) is 11.9. The van der Waals surface area contributed by atoms with Gasteiger partial charge < -0.3 is 5.32 Å². The van der Waals surface area contributed by atoms with Crippen LogP contribution in [0.3, 0.4) is 0 Å². The van der Waals surface area contributed by atoms with Crippen molar-refractivity contribution in [3.63, 3.8) is 0 Å². The van der Waals surface area contributed by atoms with Crippen LogP contribution in [0.15, 0.2) is 24.3 Å². The second kappa shape index (κ2) is 4.38. The summed E-state index contributed by atoms with van der Waals surface area (Å²) < 4.78 is 0. The molecule has 2 rings (SSSR count). The number of nitrogens with zero attached hydrogens (tertiary/aromatic N) is 1. The van der Waals surface area contributed by atoms with E-state index < -0.39 is 0 Å². The Hall–Kier alpha value is -1.82. The van der Waals surface area contributed by atoms with Crippen molar-refractivity contribution in [1.82, 2.24) is 5.32 Å². The quantitative estimate of drug-likeness (QED) is 0.904. The molecule has 3 heteroatoms. The zero-order valence-electron chi connectivity index (χ0n) is 11.9. The fourth-order valence-corrected chi connectivity index (χ4v) is 2.89. The Bertz CT molecular complexity index is 538. The highest BCUT2D eigenvalue weighted by Crippen LogP contribution is 2.68. The summed E-state index contributed by atoms with van der Waals surface area (Å²) in [5.74, 6) is 0.177. The lowest BCUT2D eigenvalue weighted by Gasteiger charge is -2.06. The van der Waals surface area contributed by atoms with Gasteiger partial charge in [-0.3, -0.25) is 4.79 Å². The van der Waals surface area contributed by atoms with E-state index in [0.29, 0.717) is 12.1 Å². The van der Waals surface area contributed by atoms with Gasteiger partial charge in [0, 0.05) is 12.5 Å². The number of carbonyl (C=O) groups is 1. The second-order valence-corrected chi connectivity index (χ2v) is 6.41. The van der Waals surface area contributed by atoms with Gasteiger partial charge in [-0.25, -0.2) is 0 Å². The van der Waals surface area contributed by atoms with Crippen LogP contribution in [-0.4, -0.2) is 5.91 Å². The van der Waals surface area contributed by atoms with Gasteiger partial charge in [0.25, 0.3) is 0 Å². The maximum atomic E-state index is 12.2. The standard InChI is InChI=1S/C16H20N2O/c1-15(2)13(16(15,3)4)14(19)18-10-12-7-5-6-11(8-12)9-17/h5-8,13H,10H2,1-4H3,(H,18,19). The first-order valence-corrected chi connectivity index (χ1v) is 6.57. The molecule has 1 N–H and O–H groups in total. The normalized spacial score (nSPS) is 19.5. The van der Waals surface area contributed by atoms with E-state index in [0.717, 1.165) is 5.56 Å². The summed E-state index contributed by atoms with van der Waals surface area (Å²) in [5, 5.41) is 11.8. The van der Waals surface area contributed by atoms with Crippen LogP contribution in [-0.2, 0) is 11.3 Å². The molecule has 0 radical (unpaired) electrons. The van der Waals surface area contributed by atoms with Crippen molar-refractivity contribution in [3.05, 3.63) is 35.4 Å². The molecule has 1 aromatic carbocycles. The van der Waals surface area contributed by atoms with Gasteiger partial charge in [0.15, 0.2) is 0 Å². The molecule has 1 aliphatic rings. The molecule has 0 heterocycles. The van der Waals surface area contributed by atoms with Crippen molar-refractivity contribution >= 4 is 5.91 Å². The minimum atomic E-state index is 0.0611. The molecule has 0 saturated heterocycles. The molecule has 0 aromatic heterocycles. The molecule has 1 aliphatic carbocycles. The number of hydrogen-bond donors (Lipinski definition) is 1. The van der Waals surface area contributed by atoms with E-state index in [1.807, 2.05) is 18.2 Å². The Balaban J connectivity index is 1.97. The van der Waals surface area contributed by atoms with E-state index in [1.54, 1.807) is 6.07 Å². The Labute approximate surface area is 114 Å². The summed E-state index contributed by atoms with van der Waals surface area (Å²) in [6, 6.07) is 9.43. The largest absolute Gasteiger partial charge is 0.352 e. The van der Waals surface area contributed by atoms with Gasteiger partial charge in [-0.2, -0.15) is 5.26 Å². The molecular formula is C16H20N2O. The number of rotatable bonds is 3. The van der Waals surface area contributed by atoms with Gasteiger partial charge in [-0.05, 0) is 28.5 Å². The highest BCUT2D eigenvalue weighted by molar-refractivity contribution is 5.84. The SMILES string of the molecule is CC1(C)C(C(=O)NCc2cccc(C#N)c2)C1(C)C. The summed E-state index contributed by atoms with van der Waals surface area (Å²) in [6.07, 6.45) is 0. The third kappa shape index (κ3) is 2.23. The van der Waals surface area contributed by atoms with Crippen LogP contribution in [0.25, 0.3) is 0 Å². The molecule has 1 amide bonds. The molecule has 0 atom stereocenters. The van der Waals surface area contributed by atoms with Gasteiger partial charge in [0.2, 0.25) is 5.91 Å². The fraction of sp³-hybridized carbons (Fsp3) is 0.500. The Morgan fingerprint density at radius 2 is 1.95 bits per heavy atom. The van der Waals surface area contributed by atoms with Crippen LogP contribution in [0.4, 0.5) is 0 Å². The minimum Gasteiger partial charge on any atom is -0.352 e. The lowest BCUT2D eigenvalue weighted by atomic mass is 10.0. The summed E-state index contributed by atoms with van der Waals surface area (Å²) in [7, 11) is 0. The second-order valence-electron chi connectivity index (χ2n) is 6.41. The number of carbonyl (C=O) groups excluding carboxylic acids is 1. The zero-order chi connectivity index (χ0) is 14.3. The van der Waals surface area contributed by atoms with Crippen LogP contribution < -0.4 is 5.32 Å². The van der Waals surface area contributed by atoms with Gasteiger partial charge in [0.1, 0.15) is 0 Å². The predicted octanol–water partition coefficient (Wildman–Crippen LogP) is 2.86. The van der Waals surface area contributed by atoms with Crippen LogP contribution in [0.2, 0.25) is 0 Å². The smallest absolute Gasteiger partial charge is 0.224 e. The maximum absolute atomic E-state index is 12.2. The molecule has 0 unspecified atom stereocenters. The van der Waals surface area contributed by atoms with Crippen molar-refractivity contribution in [1.29, 1.82) is 5.26 Å². The topological polar surface area (TPSA) is 52.9 Å². The van der Waals surface area contributed by atoms with Gasteiger partial charge >= 0.3 is 0 Å². The summed E-state index contributed by atoms with van der Waals surface area (Å²) in [5.41, 5.74) is 1.71. The first-order chi connectivity index (χ1) is 8.80. The van der Waals surface area contributed by atoms with E-state index in [9.17, 15) is 4.79 Å². The van der Waals surface area contributed by atoms with Crippen molar-refractivity contribution in [2.45, 2.75) is 34.2 Å². The number of hydrogen-bond acceptors (Lipinski definition) is 2. The van der Waals surface area contributed by atoms with Gasteiger partial charge in [0.05, 0.1) is 11.6 Å².